The second kappa shape index (κ2) is 29.8. The van der Waals surface area contributed by atoms with Crippen LogP contribution in [0.3, 0.4) is 0 Å². The maximum Gasteiger partial charge on any atom is 0.530 e. The number of benzene rings is 6. The molecule has 0 fully saturated rings. The number of phosphoric ester groups is 3. The number of rotatable bonds is 18. The first-order chi connectivity index (χ1) is 44.3. The number of phosphoric acid groups is 3. The zero-order valence-electron chi connectivity index (χ0n) is 62.0. The Labute approximate surface area is 574 Å². The number of phenolic OH excluding ortho intramolecular Hbond substituents is 3. The van der Waals surface area contributed by atoms with Crippen LogP contribution in [0, 0.1) is 0 Å². The van der Waals surface area contributed by atoms with Crippen LogP contribution in [0.2, 0.25) is 0 Å². The van der Waals surface area contributed by atoms with Gasteiger partial charge in [0.15, 0.2) is 0 Å². The van der Waals surface area contributed by atoms with Crippen molar-refractivity contribution in [3.05, 3.63) is 173 Å². The molecule has 0 unspecified atom stereocenters. The molecule has 0 spiro atoms. The highest BCUT2D eigenvalue weighted by Gasteiger charge is 2.38. The molecule has 96 heavy (non-hydrogen) atoms. The summed E-state index contributed by atoms with van der Waals surface area (Å²) >= 11 is 0. The van der Waals surface area contributed by atoms with Crippen LogP contribution in [0.1, 0.15) is 266 Å². The van der Waals surface area contributed by atoms with E-state index in [0.29, 0.717) is 66.8 Å². The van der Waals surface area contributed by atoms with E-state index in [2.05, 4.69) is 125 Å². The molecule has 6 aromatic carbocycles. The molecule has 0 amide bonds. The molecule has 3 N–H and O–H groups in total. The van der Waals surface area contributed by atoms with Crippen LogP contribution >= 0.6 is 23.5 Å². The van der Waals surface area contributed by atoms with Gasteiger partial charge in [-0.05, 0) is 174 Å². The molecule has 0 radical (unpaired) electrons. The number of hydrogen-bond acceptors (Lipinski definition) is 15. The van der Waals surface area contributed by atoms with E-state index >= 15 is 13.7 Å². The van der Waals surface area contributed by atoms with Crippen molar-refractivity contribution in [3.8, 4) is 34.5 Å². The predicted molar refractivity (Wildman–Crippen MR) is 387 cm³/mol. The van der Waals surface area contributed by atoms with Crippen molar-refractivity contribution in [2.45, 2.75) is 237 Å². The lowest BCUT2D eigenvalue weighted by Gasteiger charge is -2.29. The molecule has 528 valence electrons. The lowest BCUT2D eigenvalue weighted by molar-refractivity contribution is 0.165. The first-order valence-corrected chi connectivity index (χ1v) is 38.5. The molecule has 1 aliphatic rings. The van der Waals surface area contributed by atoms with Gasteiger partial charge in [0.2, 0.25) is 0 Å². The van der Waals surface area contributed by atoms with Crippen LogP contribution in [0.25, 0.3) is 0 Å². The Morgan fingerprint density at radius 3 is 0.521 bits per heavy atom. The van der Waals surface area contributed by atoms with Crippen molar-refractivity contribution < 1.29 is 69.7 Å². The minimum Gasteiger partial charge on any atom is -0.507 e. The van der Waals surface area contributed by atoms with Gasteiger partial charge in [0, 0.05) is 38.5 Å². The van der Waals surface area contributed by atoms with Gasteiger partial charge in [0.1, 0.15) is 34.5 Å². The van der Waals surface area contributed by atoms with Gasteiger partial charge < -0.3 is 28.9 Å². The van der Waals surface area contributed by atoms with Crippen LogP contribution in [-0.4, -0.2) is 55.0 Å². The lowest BCUT2D eigenvalue weighted by atomic mass is 9.79. The standard InChI is InChI=1S/C78H111O15P3/c1-25-85-94(82,86-26-2)91-70-55-32-51-39-61(73(7,8)9)37-49(67(51)79)31-50-38-62(74(10,11)12)40-52(68(50)80)33-57-45-65(77(19,20)21)47-59(71(57)92-95(83,87-27-3)88-28-4)36-60-48-66(78(22,23)24)46-58(72(60)93-96(84,89-29-5)90-30-6)35-54-42-63(75(13,14)15)41-53(69(54)81)34-56(70)44-64(43-55)76(16,17)18/h37-48,79-81H,25-36H2,1-24H3. The lowest BCUT2D eigenvalue weighted by Crippen LogP contribution is -2.17. The monoisotopic (exact) mass is 1380 g/mol. The second-order valence-electron chi connectivity index (χ2n) is 31.5. The fourth-order valence-corrected chi connectivity index (χ4v) is 15.7. The molecule has 0 atom stereocenters. The second-order valence-corrected chi connectivity index (χ2v) is 36.3. The van der Waals surface area contributed by atoms with Gasteiger partial charge >= 0.3 is 23.5 Å². The Balaban J connectivity index is 1.76. The Bertz CT molecular complexity index is 3900. The molecule has 0 saturated carbocycles. The molecule has 7 rings (SSSR count). The topological polar surface area (TPSA) is 195 Å². The Morgan fingerprint density at radius 2 is 0.385 bits per heavy atom. The van der Waals surface area contributed by atoms with E-state index in [1.807, 2.05) is 72.8 Å². The van der Waals surface area contributed by atoms with Gasteiger partial charge in [-0.2, -0.15) is 0 Å². The summed E-state index contributed by atoms with van der Waals surface area (Å²) in [4.78, 5) is 0. The fraction of sp³-hybridized carbons (Fsp3) is 0.538. The molecule has 18 heteroatoms. The van der Waals surface area contributed by atoms with Gasteiger partial charge in [0.05, 0.1) is 39.6 Å². The maximum absolute atomic E-state index is 15.2. The van der Waals surface area contributed by atoms with Gasteiger partial charge in [0.25, 0.3) is 0 Å². The summed E-state index contributed by atoms with van der Waals surface area (Å²) in [5, 5.41) is 39.5. The molecule has 1 aliphatic carbocycles. The Kier molecular flexibility index (Phi) is 24.2. The van der Waals surface area contributed by atoms with Crippen molar-refractivity contribution in [2.24, 2.45) is 0 Å². The summed E-state index contributed by atoms with van der Waals surface area (Å²) in [6.45, 7) is 48.3. The third-order valence-electron chi connectivity index (χ3n) is 17.3. The van der Waals surface area contributed by atoms with Crippen LogP contribution in [-0.2, 0) is 112 Å². The molecule has 0 saturated heterocycles. The molecule has 12 bridgehead atoms. The summed E-state index contributed by atoms with van der Waals surface area (Å²) in [7, 11) is -13.2. The summed E-state index contributed by atoms with van der Waals surface area (Å²) < 4.78 is 102. The van der Waals surface area contributed by atoms with Gasteiger partial charge in [-0.15, -0.1) is 0 Å². The van der Waals surface area contributed by atoms with Crippen molar-refractivity contribution in [2.75, 3.05) is 39.6 Å². The molecule has 0 aliphatic heterocycles. The van der Waals surface area contributed by atoms with E-state index < -0.39 is 56.0 Å². The molecule has 0 aromatic heterocycles. The Morgan fingerprint density at radius 1 is 0.260 bits per heavy atom. The number of aromatic hydroxyl groups is 3. The average molecular weight is 1380 g/mol. The molecule has 15 nitrogen and oxygen atoms in total. The summed E-state index contributed by atoms with van der Waals surface area (Å²) in [6, 6.07) is 24.1. The highest BCUT2D eigenvalue weighted by atomic mass is 31.2. The minimum atomic E-state index is -4.42. The van der Waals surface area contributed by atoms with Gasteiger partial charge in [-0.3, -0.25) is 27.1 Å². The molecular weight excluding hydrogens is 1270 g/mol. The largest absolute Gasteiger partial charge is 0.530 e. The normalized spacial score (nSPS) is 14.1. The van der Waals surface area contributed by atoms with E-state index in [1.165, 1.54) is 0 Å². The quantitative estimate of drug-likeness (QED) is 0.0686. The molecule has 0 heterocycles. The third kappa shape index (κ3) is 18.9. The van der Waals surface area contributed by atoms with Gasteiger partial charge in [-0.25, -0.2) is 13.7 Å². The number of hydrogen-bond donors (Lipinski definition) is 3. The van der Waals surface area contributed by atoms with E-state index in [-0.39, 0.29) is 113 Å². The molecular formula is C78H111O15P3. The zero-order valence-corrected chi connectivity index (χ0v) is 64.7. The first-order valence-electron chi connectivity index (χ1n) is 34.1. The van der Waals surface area contributed by atoms with E-state index in [1.54, 1.807) is 41.5 Å². The summed E-state index contributed by atoms with van der Waals surface area (Å²) in [5.74, 6) is 0.557. The van der Waals surface area contributed by atoms with Crippen molar-refractivity contribution in [1.82, 2.24) is 0 Å². The molecule has 6 aromatic rings. The van der Waals surface area contributed by atoms with E-state index in [0.717, 1.165) is 33.4 Å². The zero-order chi connectivity index (χ0) is 71.7. The Hall–Kier alpha value is -5.43. The fourth-order valence-electron chi connectivity index (χ4n) is 11.9. The SMILES string of the molecule is CCOP(=O)(OCC)Oc1c2cc(C(C)(C)C)cc1Cc1cc(C(C)(C)C)cc(c1O)Cc1cc(C(C)(C)C)cc(c1OP(=O)(OCC)OCC)Cc1cc(C(C)(C)C)cc(c1OP(=O)(OCC)OCC)Cc1cc(C(C)(C)C)cc(c1O)Cc1cc(C(C)(C)C)cc(c1O)C2. The van der Waals surface area contributed by atoms with Crippen LogP contribution in [0.5, 0.6) is 34.5 Å². The van der Waals surface area contributed by atoms with E-state index in [4.69, 9.17) is 40.7 Å². The van der Waals surface area contributed by atoms with Crippen molar-refractivity contribution in [1.29, 1.82) is 0 Å². The highest BCUT2D eigenvalue weighted by Crippen LogP contribution is 2.57. The number of phenols is 3. The smallest absolute Gasteiger partial charge is 0.507 e. The summed E-state index contributed by atoms with van der Waals surface area (Å²) in [5.41, 5.74) is 9.15. The van der Waals surface area contributed by atoms with Crippen LogP contribution in [0.4, 0.5) is 0 Å². The van der Waals surface area contributed by atoms with E-state index in [9.17, 15) is 15.3 Å². The van der Waals surface area contributed by atoms with Crippen molar-refractivity contribution in [3.63, 3.8) is 0 Å². The third-order valence-corrected chi connectivity index (χ3v) is 22.0. The highest BCUT2D eigenvalue weighted by molar-refractivity contribution is 7.49. The predicted octanol–water partition coefficient (Wildman–Crippen LogP) is 21.1. The van der Waals surface area contributed by atoms with Gasteiger partial charge in [-0.1, -0.05) is 197 Å². The first kappa shape index (κ1) is 77.9. The minimum absolute atomic E-state index is 0.00241. The van der Waals surface area contributed by atoms with Crippen molar-refractivity contribution >= 4 is 23.5 Å². The number of fused-ring (bicyclic) bond motifs is 12. The maximum atomic E-state index is 15.2. The van der Waals surface area contributed by atoms with Crippen LogP contribution in [0.15, 0.2) is 72.8 Å². The average Bonchev–Trinajstić information content (AvgIpc) is 0.779. The summed E-state index contributed by atoms with van der Waals surface area (Å²) in [6.07, 6.45) is 0.341. The van der Waals surface area contributed by atoms with Crippen LogP contribution < -0.4 is 13.6 Å².